The number of ether oxygens (including phenoxy) is 1. The fourth-order valence-electron chi connectivity index (χ4n) is 1.03. The Labute approximate surface area is 99.6 Å². The van der Waals surface area contributed by atoms with Crippen molar-refractivity contribution in [3.63, 3.8) is 0 Å². The average molecular weight is 247 g/mol. The van der Waals surface area contributed by atoms with E-state index in [-0.39, 0.29) is 6.10 Å². The summed E-state index contributed by atoms with van der Waals surface area (Å²) in [5, 5.41) is 10.4. The highest BCUT2D eigenvalue weighted by Crippen LogP contribution is 2.22. The summed E-state index contributed by atoms with van der Waals surface area (Å²) in [4.78, 5) is 1.06. The Morgan fingerprint density at radius 2 is 2.27 bits per heavy atom. The van der Waals surface area contributed by atoms with Crippen LogP contribution >= 0.6 is 23.4 Å². The van der Waals surface area contributed by atoms with Crippen LogP contribution in [0.3, 0.4) is 0 Å². The van der Waals surface area contributed by atoms with Gasteiger partial charge in [0.2, 0.25) is 0 Å². The summed E-state index contributed by atoms with van der Waals surface area (Å²) in [6.45, 7) is 1.85. The molecular weight excluding hydrogens is 232 g/mol. The lowest BCUT2D eigenvalue weighted by molar-refractivity contribution is 0.0125. The van der Waals surface area contributed by atoms with E-state index in [1.165, 1.54) is 0 Å². The molecule has 4 heteroatoms. The molecule has 2 unspecified atom stereocenters. The SMILES string of the molecule is COC(C)C(O)CSc1cccc(Cl)c1. The van der Waals surface area contributed by atoms with Gasteiger partial charge in [0.25, 0.3) is 0 Å². The van der Waals surface area contributed by atoms with E-state index in [4.69, 9.17) is 16.3 Å². The molecule has 2 atom stereocenters. The van der Waals surface area contributed by atoms with Crippen molar-refractivity contribution in [1.82, 2.24) is 0 Å². The normalized spacial score (nSPS) is 14.9. The Morgan fingerprint density at radius 3 is 2.87 bits per heavy atom. The standard InChI is InChI=1S/C11H15ClO2S/c1-8(14-2)11(13)7-15-10-5-3-4-9(12)6-10/h3-6,8,11,13H,7H2,1-2H3. The molecular formula is C11H15ClO2S. The largest absolute Gasteiger partial charge is 0.390 e. The number of aliphatic hydroxyl groups excluding tert-OH is 1. The number of halogens is 1. The zero-order valence-corrected chi connectivity index (χ0v) is 10.4. The fraction of sp³-hybridized carbons (Fsp3) is 0.455. The number of aliphatic hydroxyl groups is 1. The summed E-state index contributed by atoms with van der Waals surface area (Å²) in [5.41, 5.74) is 0. The second-order valence-electron chi connectivity index (χ2n) is 3.28. The topological polar surface area (TPSA) is 29.5 Å². The number of rotatable bonds is 5. The van der Waals surface area contributed by atoms with Crippen LogP contribution in [0.1, 0.15) is 6.92 Å². The molecule has 0 aromatic heterocycles. The van der Waals surface area contributed by atoms with Gasteiger partial charge in [0.05, 0.1) is 12.2 Å². The number of thioether (sulfide) groups is 1. The van der Waals surface area contributed by atoms with Crippen molar-refractivity contribution in [1.29, 1.82) is 0 Å². The molecule has 0 saturated heterocycles. The number of benzene rings is 1. The summed E-state index contributed by atoms with van der Waals surface area (Å²) < 4.78 is 5.03. The van der Waals surface area contributed by atoms with Crippen LogP contribution in [0, 0.1) is 0 Å². The van der Waals surface area contributed by atoms with Gasteiger partial charge in [0, 0.05) is 22.8 Å². The monoisotopic (exact) mass is 246 g/mol. The molecule has 0 amide bonds. The zero-order valence-electron chi connectivity index (χ0n) is 8.81. The molecule has 1 N–H and O–H groups in total. The van der Waals surface area contributed by atoms with Crippen LogP contribution in [0.2, 0.25) is 5.02 Å². The lowest BCUT2D eigenvalue weighted by Gasteiger charge is -2.16. The van der Waals surface area contributed by atoms with Gasteiger partial charge in [-0.2, -0.15) is 0 Å². The molecule has 1 aromatic carbocycles. The minimum Gasteiger partial charge on any atom is -0.390 e. The van der Waals surface area contributed by atoms with E-state index in [0.717, 1.165) is 4.90 Å². The van der Waals surface area contributed by atoms with E-state index >= 15 is 0 Å². The Bertz CT molecular complexity index is 306. The van der Waals surface area contributed by atoms with Crippen molar-refractivity contribution in [2.75, 3.05) is 12.9 Å². The summed E-state index contributed by atoms with van der Waals surface area (Å²) in [6, 6.07) is 7.59. The molecule has 0 radical (unpaired) electrons. The van der Waals surface area contributed by atoms with Crippen LogP contribution in [0.4, 0.5) is 0 Å². The summed E-state index contributed by atoms with van der Waals surface area (Å²) in [6.07, 6.45) is -0.601. The quantitative estimate of drug-likeness (QED) is 0.811. The van der Waals surface area contributed by atoms with Crippen molar-refractivity contribution in [3.05, 3.63) is 29.3 Å². The lowest BCUT2D eigenvalue weighted by Crippen LogP contribution is -2.26. The fourth-order valence-corrected chi connectivity index (χ4v) is 2.31. The first-order valence-electron chi connectivity index (χ1n) is 4.72. The maximum absolute atomic E-state index is 9.67. The molecule has 15 heavy (non-hydrogen) atoms. The van der Waals surface area contributed by atoms with E-state index in [9.17, 15) is 5.11 Å². The highest BCUT2D eigenvalue weighted by molar-refractivity contribution is 7.99. The van der Waals surface area contributed by atoms with Gasteiger partial charge in [-0.05, 0) is 25.1 Å². The van der Waals surface area contributed by atoms with E-state index < -0.39 is 6.10 Å². The third-order valence-corrected chi connectivity index (χ3v) is 3.46. The average Bonchev–Trinajstić information content (AvgIpc) is 2.25. The molecule has 0 aliphatic rings. The second-order valence-corrected chi connectivity index (χ2v) is 4.81. The molecule has 0 saturated carbocycles. The van der Waals surface area contributed by atoms with Crippen molar-refractivity contribution < 1.29 is 9.84 Å². The van der Waals surface area contributed by atoms with E-state index in [0.29, 0.717) is 10.8 Å². The summed E-state index contributed by atoms with van der Waals surface area (Å²) in [7, 11) is 1.60. The van der Waals surface area contributed by atoms with Gasteiger partial charge in [0.1, 0.15) is 0 Å². The predicted octanol–water partition coefficient (Wildman–Crippen LogP) is 2.83. The molecule has 0 spiro atoms. The minimum absolute atomic E-state index is 0.142. The Kier molecular flexibility index (Phi) is 5.47. The van der Waals surface area contributed by atoms with Crippen LogP contribution in [0.15, 0.2) is 29.2 Å². The molecule has 84 valence electrons. The van der Waals surface area contributed by atoms with E-state index in [2.05, 4.69) is 0 Å². The first-order chi connectivity index (χ1) is 7.13. The second kappa shape index (κ2) is 6.38. The van der Waals surface area contributed by atoms with Crippen LogP contribution in [0.5, 0.6) is 0 Å². The maximum Gasteiger partial charge on any atom is 0.0892 e. The summed E-state index contributed by atoms with van der Waals surface area (Å²) in [5.74, 6) is 0.606. The Balaban J connectivity index is 2.43. The molecule has 1 aromatic rings. The van der Waals surface area contributed by atoms with Gasteiger partial charge < -0.3 is 9.84 Å². The molecule has 0 heterocycles. The molecule has 1 rings (SSSR count). The van der Waals surface area contributed by atoms with Crippen LogP contribution in [-0.2, 0) is 4.74 Å². The number of hydrogen-bond acceptors (Lipinski definition) is 3. The highest BCUT2D eigenvalue weighted by atomic mass is 35.5. The van der Waals surface area contributed by atoms with Gasteiger partial charge >= 0.3 is 0 Å². The Morgan fingerprint density at radius 1 is 1.53 bits per heavy atom. The van der Waals surface area contributed by atoms with E-state index in [1.54, 1.807) is 18.9 Å². The van der Waals surface area contributed by atoms with Crippen molar-refractivity contribution in [2.24, 2.45) is 0 Å². The Hall–Kier alpha value is -0.220. The van der Waals surface area contributed by atoms with Crippen molar-refractivity contribution in [2.45, 2.75) is 24.0 Å². The molecule has 0 aliphatic carbocycles. The molecule has 2 nitrogen and oxygen atoms in total. The van der Waals surface area contributed by atoms with Crippen molar-refractivity contribution >= 4 is 23.4 Å². The first kappa shape index (κ1) is 12.8. The predicted molar refractivity (Wildman–Crippen MR) is 64.7 cm³/mol. The maximum atomic E-state index is 9.67. The number of hydrogen-bond donors (Lipinski definition) is 1. The zero-order chi connectivity index (χ0) is 11.3. The molecule has 0 bridgehead atoms. The van der Waals surface area contributed by atoms with Gasteiger partial charge in [-0.3, -0.25) is 0 Å². The lowest BCUT2D eigenvalue weighted by atomic mass is 10.3. The third-order valence-electron chi connectivity index (χ3n) is 2.13. The molecule has 0 fully saturated rings. The van der Waals surface area contributed by atoms with Crippen LogP contribution in [0.25, 0.3) is 0 Å². The third kappa shape index (κ3) is 4.43. The van der Waals surface area contributed by atoms with Crippen LogP contribution in [-0.4, -0.2) is 30.2 Å². The van der Waals surface area contributed by atoms with Gasteiger partial charge in [-0.25, -0.2) is 0 Å². The first-order valence-corrected chi connectivity index (χ1v) is 6.09. The molecule has 0 aliphatic heterocycles. The summed E-state index contributed by atoms with van der Waals surface area (Å²) >= 11 is 7.42. The van der Waals surface area contributed by atoms with Gasteiger partial charge in [-0.15, -0.1) is 11.8 Å². The minimum atomic E-state index is -0.459. The smallest absolute Gasteiger partial charge is 0.0892 e. The number of methoxy groups -OCH3 is 1. The highest BCUT2D eigenvalue weighted by Gasteiger charge is 2.13. The van der Waals surface area contributed by atoms with E-state index in [1.807, 2.05) is 31.2 Å². The van der Waals surface area contributed by atoms with Crippen LogP contribution < -0.4 is 0 Å². The van der Waals surface area contributed by atoms with Gasteiger partial charge in [-0.1, -0.05) is 17.7 Å². The van der Waals surface area contributed by atoms with Gasteiger partial charge in [0.15, 0.2) is 0 Å². The van der Waals surface area contributed by atoms with Crippen molar-refractivity contribution in [3.8, 4) is 0 Å².